The van der Waals surface area contributed by atoms with Gasteiger partial charge >= 0.3 is 0 Å². The van der Waals surface area contributed by atoms with Gasteiger partial charge in [0.25, 0.3) is 0 Å². The molecule has 1 aromatic carbocycles. The minimum absolute atomic E-state index is 0.0326. The van der Waals surface area contributed by atoms with Crippen LogP contribution in [0.5, 0.6) is 0 Å². The van der Waals surface area contributed by atoms with Crippen LogP contribution in [0.2, 0.25) is 0 Å². The van der Waals surface area contributed by atoms with Crippen molar-refractivity contribution in [1.82, 2.24) is 30.1 Å². The van der Waals surface area contributed by atoms with E-state index in [1.54, 1.807) is 23.0 Å². The van der Waals surface area contributed by atoms with Gasteiger partial charge in [-0.2, -0.15) is 0 Å². The number of aromatic nitrogens is 5. The van der Waals surface area contributed by atoms with Crippen molar-refractivity contribution in [1.29, 1.82) is 0 Å². The van der Waals surface area contributed by atoms with Gasteiger partial charge in [-0.25, -0.2) is 13.9 Å². The van der Waals surface area contributed by atoms with Gasteiger partial charge in [0.2, 0.25) is 5.91 Å². The van der Waals surface area contributed by atoms with Crippen molar-refractivity contribution in [2.75, 3.05) is 6.54 Å². The quantitative estimate of drug-likeness (QED) is 0.532. The van der Waals surface area contributed by atoms with Crippen molar-refractivity contribution in [3.05, 3.63) is 59.9 Å². The average molecular weight is 406 g/mol. The normalized spacial score (nSPS) is 19.4. The Balaban J connectivity index is 1.19. The van der Waals surface area contributed by atoms with Crippen molar-refractivity contribution in [3.63, 3.8) is 0 Å². The van der Waals surface area contributed by atoms with E-state index in [1.807, 2.05) is 12.3 Å². The van der Waals surface area contributed by atoms with Gasteiger partial charge in [-0.05, 0) is 55.9 Å². The monoisotopic (exact) mass is 406 g/mol. The average Bonchev–Trinajstić information content (AvgIpc) is 3.41. The molecule has 0 unspecified atom stereocenters. The Morgan fingerprint density at radius 2 is 1.97 bits per heavy atom. The van der Waals surface area contributed by atoms with Crippen LogP contribution in [0.25, 0.3) is 16.6 Å². The van der Waals surface area contributed by atoms with Crippen LogP contribution < -0.4 is 5.32 Å². The van der Waals surface area contributed by atoms with Crippen LogP contribution in [0.15, 0.2) is 42.9 Å². The van der Waals surface area contributed by atoms with E-state index in [0.717, 1.165) is 53.5 Å². The van der Waals surface area contributed by atoms with E-state index in [2.05, 4.69) is 25.6 Å². The van der Waals surface area contributed by atoms with Crippen molar-refractivity contribution in [2.45, 2.75) is 38.0 Å². The van der Waals surface area contributed by atoms with Gasteiger partial charge in [-0.15, -0.1) is 5.10 Å². The van der Waals surface area contributed by atoms with Gasteiger partial charge in [0.05, 0.1) is 5.69 Å². The number of carbonyl (C=O) groups is 1. The zero-order valence-corrected chi connectivity index (χ0v) is 16.5. The summed E-state index contributed by atoms with van der Waals surface area (Å²) in [6.07, 6.45) is 7.78. The Morgan fingerprint density at radius 3 is 2.77 bits per heavy atom. The molecule has 0 aliphatic heterocycles. The minimum Gasteiger partial charge on any atom is -0.356 e. The lowest BCUT2D eigenvalue weighted by Crippen LogP contribution is -2.34. The van der Waals surface area contributed by atoms with Crippen LogP contribution in [0.1, 0.15) is 42.9 Å². The first kappa shape index (κ1) is 18.7. The molecule has 2 N–H and O–H groups in total. The minimum atomic E-state index is -0.242. The third-order valence-corrected chi connectivity index (χ3v) is 6.11. The number of hydrogen-bond acceptors (Lipinski definition) is 4. The predicted molar refractivity (Wildman–Crippen MR) is 110 cm³/mol. The van der Waals surface area contributed by atoms with Gasteiger partial charge < -0.3 is 10.3 Å². The molecule has 154 valence electrons. The third-order valence-electron chi connectivity index (χ3n) is 6.11. The number of fused-ring (bicyclic) bond motifs is 3. The summed E-state index contributed by atoms with van der Waals surface area (Å²) in [4.78, 5) is 20.1. The first-order chi connectivity index (χ1) is 14.7. The summed E-state index contributed by atoms with van der Waals surface area (Å²) in [7, 11) is 0. The molecule has 7 nitrogen and oxygen atoms in total. The fraction of sp³-hybridized carbons (Fsp3) is 0.364. The number of aromatic amines is 1. The van der Waals surface area contributed by atoms with E-state index in [-0.39, 0.29) is 17.6 Å². The molecule has 1 amide bonds. The molecule has 8 heteroatoms. The number of carbonyl (C=O) groups excluding carboxylic acids is 1. The summed E-state index contributed by atoms with van der Waals surface area (Å²) in [5.41, 5.74) is 3.86. The summed E-state index contributed by atoms with van der Waals surface area (Å²) >= 11 is 0. The van der Waals surface area contributed by atoms with E-state index < -0.39 is 0 Å². The number of nitrogens with zero attached hydrogens (tertiary/aromatic N) is 4. The molecule has 0 bridgehead atoms. The van der Waals surface area contributed by atoms with Gasteiger partial charge in [0.15, 0.2) is 0 Å². The summed E-state index contributed by atoms with van der Waals surface area (Å²) in [5, 5.41) is 12.7. The molecular formula is C22H23FN6O. The molecule has 1 saturated carbocycles. The second-order valence-corrected chi connectivity index (χ2v) is 7.97. The van der Waals surface area contributed by atoms with E-state index in [0.29, 0.717) is 18.9 Å². The Morgan fingerprint density at radius 1 is 1.17 bits per heavy atom. The number of H-pyrrole nitrogens is 1. The lowest BCUT2D eigenvalue weighted by Gasteiger charge is -2.26. The van der Waals surface area contributed by atoms with Crippen LogP contribution >= 0.6 is 0 Å². The maximum Gasteiger partial charge on any atom is 0.223 e. The van der Waals surface area contributed by atoms with Crippen LogP contribution in [-0.2, 0) is 11.2 Å². The number of hydrogen-bond donors (Lipinski definition) is 2. The summed E-state index contributed by atoms with van der Waals surface area (Å²) in [6.45, 7) is 0.568. The first-order valence-corrected chi connectivity index (χ1v) is 10.4. The maximum atomic E-state index is 13.0. The molecule has 3 heterocycles. The Hall–Kier alpha value is -3.29. The third kappa shape index (κ3) is 3.53. The second-order valence-electron chi connectivity index (χ2n) is 7.97. The van der Waals surface area contributed by atoms with Crippen LogP contribution in [0, 0.1) is 11.7 Å². The van der Waals surface area contributed by atoms with E-state index in [1.165, 1.54) is 12.1 Å². The van der Waals surface area contributed by atoms with Crippen LogP contribution in [-0.4, -0.2) is 37.2 Å². The summed E-state index contributed by atoms with van der Waals surface area (Å²) < 4.78 is 14.7. The number of halogens is 1. The molecule has 1 aliphatic carbocycles. The molecule has 5 rings (SSSR count). The molecule has 1 aliphatic rings. The Bertz CT molecular complexity index is 1170. The smallest absolute Gasteiger partial charge is 0.223 e. The molecule has 4 aromatic rings. The predicted octanol–water partition coefficient (Wildman–Crippen LogP) is 3.38. The molecule has 0 atom stereocenters. The zero-order valence-electron chi connectivity index (χ0n) is 16.5. The van der Waals surface area contributed by atoms with E-state index in [4.69, 9.17) is 0 Å². The van der Waals surface area contributed by atoms with E-state index >= 15 is 0 Å². The number of amides is 1. The molecular weight excluding hydrogens is 383 g/mol. The number of benzene rings is 1. The summed E-state index contributed by atoms with van der Waals surface area (Å²) in [5.74, 6) is 0.200. The van der Waals surface area contributed by atoms with Gasteiger partial charge in [0, 0.05) is 30.0 Å². The molecule has 3 aromatic heterocycles. The Kier molecular flexibility index (Phi) is 4.90. The second kappa shape index (κ2) is 7.85. The molecule has 1 fully saturated rings. The van der Waals surface area contributed by atoms with Gasteiger partial charge in [-0.3, -0.25) is 4.79 Å². The Labute approximate surface area is 172 Å². The first-order valence-electron chi connectivity index (χ1n) is 10.4. The summed E-state index contributed by atoms with van der Waals surface area (Å²) in [6, 6.07) is 8.42. The molecule has 30 heavy (non-hydrogen) atoms. The molecule has 0 radical (unpaired) electrons. The van der Waals surface area contributed by atoms with E-state index in [9.17, 15) is 9.18 Å². The zero-order chi connectivity index (χ0) is 20.5. The SMILES string of the molecule is O=C(NCCc1ccc(F)cc1)C1CCC(c2nnn3cnc4[nH]ccc4c23)CC1. The fourth-order valence-electron chi connectivity index (χ4n) is 4.45. The van der Waals surface area contributed by atoms with Crippen LogP contribution in [0.3, 0.4) is 0 Å². The van der Waals surface area contributed by atoms with Crippen molar-refractivity contribution < 1.29 is 9.18 Å². The van der Waals surface area contributed by atoms with Crippen molar-refractivity contribution in [3.8, 4) is 0 Å². The highest BCUT2D eigenvalue weighted by molar-refractivity contribution is 5.92. The number of rotatable bonds is 5. The lowest BCUT2D eigenvalue weighted by molar-refractivity contribution is -0.126. The number of nitrogens with one attached hydrogen (secondary N) is 2. The van der Waals surface area contributed by atoms with Crippen LogP contribution in [0.4, 0.5) is 4.39 Å². The largest absolute Gasteiger partial charge is 0.356 e. The topological polar surface area (TPSA) is 88.0 Å². The maximum absolute atomic E-state index is 13.0. The standard InChI is InChI=1S/C22H23FN6O/c23-17-7-1-14(2-8-17)9-11-25-22(30)16-5-3-15(4-6-16)19-20-18-10-12-24-21(18)26-13-29(20)28-27-19/h1-2,7-8,10,12-13,15-16,24H,3-6,9,11H2,(H,25,30). The molecule has 0 spiro atoms. The van der Waals surface area contributed by atoms with Crippen molar-refractivity contribution >= 4 is 22.5 Å². The highest BCUT2D eigenvalue weighted by Gasteiger charge is 2.30. The van der Waals surface area contributed by atoms with Gasteiger partial charge in [-0.1, -0.05) is 17.3 Å². The lowest BCUT2D eigenvalue weighted by atomic mass is 9.79. The highest BCUT2D eigenvalue weighted by Crippen LogP contribution is 2.37. The fourth-order valence-corrected chi connectivity index (χ4v) is 4.45. The molecule has 0 saturated heterocycles. The van der Waals surface area contributed by atoms with Gasteiger partial charge in [0.1, 0.15) is 23.3 Å². The van der Waals surface area contributed by atoms with Crippen molar-refractivity contribution in [2.24, 2.45) is 5.92 Å². The highest BCUT2D eigenvalue weighted by atomic mass is 19.1.